The fraction of sp³-hybridized carbons (Fsp3) is 0.333. The van der Waals surface area contributed by atoms with Gasteiger partial charge in [0.1, 0.15) is 5.03 Å². The summed E-state index contributed by atoms with van der Waals surface area (Å²) in [6.07, 6.45) is 4.73. The molecule has 0 fully saturated rings. The molecule has 1 aromatic rings. The van der Waals surface area contributed by atoms with Gasteiger partial charge in [0.25, 0.3) is 0 Å². The molecule has 0 aromatic carbocycles. The third kappa shape index (κ3) is 1.39. The average Bonchev–Trinajstić information content (AvgIpc) is 1.88. The highest BCUT2D eigenvalue weighted by Gasteiger charge is 2.01. The van der Waals surface area contributed by atoms with Crippen molar-refractivity contribution in [3.8, 4) is 0 Å². The van der Waals surface area contributed by atoms with Crippen molar-refractivity contribution in [2.24, 2.45) is 0 Å². The smallest absolute Gasteiger partial charge is 0.148 e. The zero-order valence-corrected chi connectivity index (χ0v) is 6.68. The Balaban J connectivity index is 3.15. The van der Waals surface area contributed by atoms with Gasteiger partial charge in [-0.15, -0.1) is 0 Å². The zero-order chi connectivity index (χ0) is 7.56. The Hall–Kier alpha value is -0.770. The summed E-state index contributed by atoms with van der Waals surface area (Å²) in [7, 11) is -1.01. The third-order valence-electron chi connectivity index (χ3n) is 1.11. The number of aryl methyl sites for hydroxylation is 1. The Kier molecular flexibility index (Phi) is 2.11. The second-order valence-corrected chi connectivity index (χ2v) is 3.20. The summed E-state index contributed by atoms with van der Waals surface area (Å²) in [4.78, 5) is 7.86. The maximum Gasteiger partial charge on any atom is 0.148 e. The first-order valence-electron chi connectivity index (χ1n) is 2.83. The van der Waals surface area contributed by atoms with E-state index < -0.39 is 10.8 Å². The van der Waals surface area contributed by atoms with E-state index in [0.717, 1.165) is 5.69 Å². The monoisotopic (exact) mass is 156 g/mol. The topological polar surface area (TPSA) is 42.9 Å². The van der Waals surface area contributed by atoms with Gasteiger partial charge in [-0.3, -0.25) is 9.19 Å². The van der Waals surface area contributed by atoms with Gasteiger partial charge in [-0.05, 0) is 6.92 Å². The molecule has 1 aromatic heterocycles. The van der Waals surface area contributed by atoms with E-state index in [9.17, 15) is 4.21 Å². The normalized spacial score (nSPS) is 13.0. The van der Waals surface area contributed by atoms with Gasteiger partial charge in [0.15, 0.2) is 0 Å². The molecule has 1 heterocycles. The van der Waals surface area contributed by atoms with E-state index in [1.165, 1.54) is 0 Å². The van der Waals surface area contributed by atoms with Crippen molar-refractivity contribution in [3.63, 3.8) is 0 Å². The van der Waals surface area contributed by atoms with Crippen LogP contribution in [0.3, 0.4) is 0 Å². The lowest BCUT2D eigenvalue weighted by molar-refractivity contribution is 0.682. The van der Waals surface area contributed by atoms with Crippen LogP contribution in [0.4, 0.5) is 0 Å². The minimum atomic E-state index is -1.01. The lowest BCUT2D eigenvalue weighted by atomic mass is 10.5. The molecule has 0 aliphatic heterocycles. The van der Waals surface area contributed by atoms with Crippen LogP contribution in [0.15, 0.2) is 17.4 Å². The lowest BCUT2D eigenvalue weighted by Gasteiger charge is -1.96. The SMILES string of the molecule is Cc1nccnc1[S@](C)=O. The van der Waals surface area contributed by atoms with Crippen molar-refractivity contribution in [3.05, 3.63) is 18.1 Å². The van der Waals surface area contributed by atoms with Crippen LogP contribution in [0.5, 0.6) is 0 Å². The van der Waals surface area contributed by atoms with Crippen molar-refractivity contribution < 1.29 is 4.21 Å². The summed E-state index contributed by atoms with van der Waals surface area (Å²) in [6.45, 7) is 1.80. The van der Waals surface area contributed by atoms with E-state index in [1.54, 1.807) is 25.6 Å². The summed E-state index contributed by atoms with van der Waals surface area (Å²) in [5, 5.41) is 0.572. The fourth-order valence-electron chi connectivity index (χ4n) is 0.677. The van der Waals surface area contributed by atoms with Crippen LogP contribution in [0.2, 0.25) is 0 Å². The molecule has 0 aliphatic carbocycles. The first-order valence-corrected chi connectivity index (χ1v) is 4.38. The van der Waals surface area contributed by atoms with Gasteiger partial charge in [0, 0.05) is 18.6 Å². The fourth-order valence-corrected chi connectivity index (χ4v) is 1.36. The molecule has 54 valence electrons. The molecule has 0 saturated carbocycles. The van der Waals surface area contributed by atoms with Gasteiger partial charge >= 0.3 is 0 Å². The summed E-state index contributed by atoms with van der Waals surface area (Å²) in [5.41, 5.74) is 0.739. The van der Waals surface area contributed by atoms with Gasteiger partial charge in [-0.25, -0.2) is 4.98 Å². The molecule has 1 atom stereocenters. The Morgan fingerprint density at radius 2 is 2.00 bits per heavy atom. The molecule has 3 nitrogen and oxygen atoms in total. The number of hydrogen-bond acceptors (Lipinski definition) is 3. The van der Waals surface area contributed by atoms with Crippen LogP contribution in [0.1, 0.15) is 5.69 Å². The summed E-state index contributed by atoms with van der Waals surface area (Å²) >= 11 is 0. The first-order chi connectivity index (χ1) is 4.72. The molecule has 0 saturated heterocycles. The molecule has 4 heteroatoms. The molecule has 0 aliphatic rings. The summed E-state index contributed by atoms with van der Waals surface area (Å²) in [6, 6.07) is 0. The molecule has 0 N–H and O–H groups in total. The van der Waals surface area contributed by atoms with Gasteiger partial charge in [-0.2, -0.15) is 0 Å². The van der Waals surface area contributed by atoms with Crippen molar-refractivity contribution in [2.45, 2.75) is 11.9 Å². The van der Waals surface area contributed by atoms with Crippen molar-refractivity contribution >= 4 is 10.8 Å². The van der Waals surface area contributed by atoms with Gasteiger partial charge in [0.05, 0.1) is 16.5 Å². The van der Waals surface area contributed by atoms with Crippen LogP contribution in [-0.2, 0) is 10.8 Å². The molecular formula is C6H8N2OS. The van der Waals surface area contributed by atoms with Crippen LogP contribution >= 0.6 is 0 Å². The first kappa shape index (κ1) is 7.34. The van der Waals surface area contributed by atoms with E-state index in [1.807, 2.05) is 0 Å². The third-order valence-corrected chi connectivity index (χ3v) is 2.05. The minimum Gasteiger partial charge on any atom is -0.257 e. The second kappa shape index (κ2) is 2.88. The molecule has 0 amide bonds. The van der Waals surface area contributed by atoms with Crippen LogP contribution in [0.25, 0.3) is 0 Å². The Morgan fingerprint density at radius 1 is 1.40 bits per heavy atom. The summed E-state index contributed by atoms with van der Waals surface area (Å²) < 4.78 is 10.9. The van der Waals surface area contributed by atoms with Crippen molar-refractivity contribution in [1.82, 2.24) is 9.97 Å². The molecule has 0 spiro atoms. The number of rotatable bonds is 1. The Morgan fingerprint density at radius 3 is 2.40 bits per heavy atom. The molecule has 0 unspecified atom stereocenters. The predicted octanol–water partition coefficient (Wildman–Crippen LogP) is 0.522. The van der Waals surface area contributed by atoms with Crippen molar-refractivity contribution in [1.29, 1.82) is 0 Å². The average molecular weight is 156 g/mol. The maximum atomic E-state index is 10.9. The highest BCUT2D eigenvalue weighted by molar-refractivity contribution is 7.84. The van der Waals surface area contributed by atoms with Gasteiger partial charge in [-0.1, -0.05) is 0 Å². The molecule has 1 rings (SSSR count). The highest BCUT2D eigenvalue weighted by Crippen LogP contribution is 2.02. The maximum absolute atomic E-state index is 10.9. The van der Waals surface area contributed by atoms with Crippen LogP contribution < -0.4 is 0 Å². The van der Waals surface area contributed by atoms with E-state index in [2.05, 4.69) is 9.97 Å². The number of hydrogen-bond donors (Lipinski definition) is 0. The lowest BCUT2D eigenvalue weighted by Crippen LogP contribution is -1.96. The van der Waals surface area contributed by atoms with E-state index in [4.69, 9.17) is 0 Å². The quantitative estimate of drug-likeness (QED) is 0.595. The van der Waals surface area contributed by atoms with Crippen molar-refractivity contribution in [2.75, 3.05) is 6.26 Å². The Bertz CT molecular complexity index is 262. The standard InChI is InChI=1S/C6H8N2OS/c1-5-6(10(2)9)8-4-3-7-5/h3-4H,1-2H3/t10-/m0/s1. The molecule has 0 bridgehead atoms. The zero-order valence-electron chi connectivity index (χ0n) is 5.87. The molecular weight excluding hydrogens is 148 g/mol. The second-order valence-electron chi connectivity index (χ2n) is 1.90. The van der Waals surface area contributed by atoms with E-state index in [0.29, 0.717) is 5.03 Å². The van der Waals surface area contributed by atoms with Crippen LogP contribution in [0, 0.1) is 6.92 Å². The minimum absolute atomic E-state index is 0.572. The largest absolute Gasteiger partial charge is 0.257 e. The Labute approximate surface area is 62.0 Å². The molecule has 0 radical (unpaired) electrons. The van der Waals surface area contributed by atoms with E-state index >= 15 is 0 Å². The summed E-state index contributed by atoms with van der Waals surface area (Å²) in [5.74, 6) is 0. The van der Waals surface area contributed by atoms with Gasteiger partial charge in [0.2, 0.25) is 0 Å². The highest BCUT2D eigenvalue weighted by atomic mass is 32.2. The van der Waals surface area contributed by atoms with Crippen LogP contribution in [-0.4, -0.2) is 20.4 Å². The van der Waals surface area contributed by atoms with Gasteiger partial charge < -0.3 is 0 Å². The van der Waals surface area contributed by atoms with E-state index in [-0.39, 0.29) is 0 Å². The number of aromatic nitrogens is 2. The molecule has 10 heavy (non-hydrogen) atoms. The predicted molar refractivity (Wildman–Crippen MR) is 39.1 cm³/mol. The number of nitrogens with zero attached hydrogens (tertiary/aromatic N) is 2.